The second-order valence-corrected chi connectivity index (χ2v) is 11.0. The Labute approximate surface area is 202 Å². The third-order valence-corrected chi connectivity index (χ3v) is 8.14. The van der Waals surface area contributed by atoms with Gasteiger partial charge >= 0.3 is 0 Å². The van der Waals surface area contributed by atoms with Crippen molar-refractivity contribution in [2.75, 3.05) is 17.8 Å². The number of carbonyl (C=O) groups is 1. The zero-order chi connectivity index (χ0) is 24.3. The number of hydrogen-bond acceptors (Lipinski definition) is 3. The first kappa shape index (κ1) is 24.0. The maximum atomic E-state index is 13.2. The van der Waals surface area contributed by atoms with Gasteiger partial charge in [0.15, 0.2) is 0 Å². The van der Waals surface area contributed by atoms with Crippen molar-refractivity contribution >= 4 is 21.6 Å². The second kappa shape index (κ2) is 10.0. The normalized spacial score (nSPS) is 14.7. The average molecular weight is 477 g/mol. The zero-order valence-corrected chi connectivity index (χ0v) is 20.9. The minimum atomic E-state index is -3.83. The first-order valence-corrected chi connectivity index (χ1v) is 13.2. The van der Waals surface area contributed by atoms with E-state index in [-0.39, 0.29) is 10.8 Å². The highest BCUT2D eigenvalue weighted by atomic mass is 32.2. The van der Waals surface area contributed by atoms with Crippen molar-refractivity contribution in [1.29, 1.82) is 0 Å². The molecule has 1 fully saturated rings. The molecule has 6 heteroatoms. The lowest BCUT2D eigenvalue weighted by atomic mass is 9.90. The van der Waals surface area contributed by atoms with Crippen LogP contribution in [0.5, 0.6) is 0 Å². The summed E-state index contributed by atoms with van der Waals surface area (Å²) in [5.41, 5.74) is 4.72. The summed E-state index contributed by atoms with van der Waals surface area (Å²) in [7, 11) is -3.83. The van der Waals surface area contributed by atoms with Gasteiger partial charge in [0.1, 0.15) is 0 Å². The van der Waals surface area contributed by atoms with Crippen LogP contribution in [0.25, 0.3) is 0 Å². The minimum Gasteiger partial charge on any atom is -0.339 e. The highest BCUT2D eigenvalue weighted by molar-refractivity contribution is 7.92. The smallest absolute Gasteiger partial charge is 0.262 e. The lowest BCUT2D eigenvalue weighted by molar-refractivity contribution is 0.0690. The van der Waals surface area contributed by atoms with Gasteiger partial charge in [-0.05, 0) is 86.4 Å². The first-order valence-electron chi connectivity index (χ1n) is 11.8. The highest BCUT2D eigenvalue weighted by Gasteiger charge is 2.26. The lowest BCUT2D eigenvalue weighted by Crippen LogP contribution is -2.39. The number of anilines is 1. The average Bonchev–Trinajstić information content (AvgIpc) is 2.82. The van der Waals surface area contributed by atoms with Crippen LogP contribution in [-0.4, -0.2) is 32.3 Å². The Hall–Kier alpha value is -3.12. The fourth-order valence-electron chi connectivity index (χ4n) is 4.54. The van der Waals surface area contributed by atoms with Crippen molar-refractivity contribution in [3.8, 4) is 0 Å². The Bertz CT molecular complexity index is 1280. The van der Waals surface area contributed by atoms with Crippen LogP contribution in [-0.2, 0) is 16.4 Å². The summed E-state index contributed by atoms with van der Waals surface area (Å²) in [5.74, 6) is 0.448. The number of nitrogens with zero attached hydrogens (tertiary/aromatic N) is 1. The molecule has 0 saturated carbocycles. The molecule has 0 spiro atoms. The van der Waals surface area contributed by atoms with E-state index in [1.807, 2.05) is 43.0 Å². The summed E-state index contributed by atoms with van der Waals surface area (Å²) in [4.78, 5) is 15.2. The van der Waals surface area contributed by atoms with E-state index in [2.05, 4.69) is 29.0 Å². The van der Waals surface area contributed by atoms with Crippen LogP contribution in [0.15, 0.2) is 71.6 Å². The molecule has 3 aromatic carbocycles. The zero-order valence-electron chi connectivity index (χ0n) is 20.0. The largest absolute Gasteiger partial charge is 0.339 e. The van der Waals surface area contributed by atoms with E-state index in [4.69, 9.17) is 0 Å². The maximum Gasteiger partial charge on any atom is 0.262 e. The first-order chi connectivity index (χ1) is 16.2. The van der Waals surface area contributed by atoms with Crippen molar-refractivity contribution < 1.29 is 13.2 Å². The van der Waals surface area contributed by atoms with E-state index in [1.54, 1.807) is 19.1 Å². The number of benzene rings is 3. The van der Waals surface area contributed by atoms with E-state index in [0.29, 0.717) is 35.8 Å². The van der Waals surface area contributed by atoms with Crippen LogP contribution in [0.2, 0.25) is 0 Å². The van der Waals surface area contributed by atoms with E-state index >= 15 is 0 Å². The standard InChI is InChI=1S/C28H32N2O3S/c1-20-9-10-21(2)26(17-20)29-34(32,33)27-19-25(12-11-22(27)3)28(31)30-15-13-24(14-16-30)18-23-7-5-4-6-8-23/h4-12,17,19,24,29H,13-16,18H2,1-3H3. The van der Waals surface area contributed by atoms with Crippen molar-refractivity contribution in [3.05, 3.63) is 94.5 Å². The number of sulfonamides is 1. The number of hydrogen-bond donors (Lipinski definition) is 1. The van der Waals surface area contributed by atoms with E-state index in [1.165, 1.54) is 11.6 Å². The number of amides is 1. The van der Waals surface area contributed by atoms with Crippen LogP contribution < -0.4 is 4.72 Å². The Balaban J connectivity index is 1.47. The molecule has 3 aromatic rings. The van der Waals surface area contributed by atoms with Crippen molar-refractivity contribution in [2.24, 2.45) is 5.92 Å². The topological polar surface area (TPSA) is 66.5 Å². The molecule has 0 bridgehead atoms. The van der Waals surface area contributed by atoms with E-state index in [0.717, 1.165) is 30.4 Å². The minimum absolute atomic E-state index is 0.110. The van der Waals surface area contributed by atoms with Crippen molar-refractivity contribution in [1.82, 2.24) is 4.90 Å². The Morgan fingerprint density at radius 1 is 0.912 bits per heavy atom. The van der Waals surface area contributed by atoms with Gasteiger partial charge in [-0.2, -0.15) is 0 Å². The van der Waals surface area contributed by atoms with Gasteiger partial charge < -0.3 is 4.90 Å². The summed E-state index contributed by atoms with van der Waals surface area (Å²) < 4.78 is 29.1. The van der Waals surface area contributed by atoms with Gasteiger partial charge in [-0.25, -0.2) is 8.42 Å². The Morgan fingerprint density at radius 2 is 1.59 bits per heavy atom. The quantitative estimate of drug-likeness (QED) is 0.510. The molecule has 178 valence electrons. The molecule has 0 aliphatic carbocycles. The van der Waals surface area contributed by atoms with Gasteiger partial charge in [-0.15, -0.1) is 0 Å². The molecule has 1 heterocycles. The summed E-state index contributed by atoms with van der Waals surface area (Å²) in [5, 5.41) is 0. The highest BCUT2D eigenvalue weighted by Crippen LogP contribution is 2.26. The molecule has 4 rings (SSSR count). The van der Waals surface area contributed by atoms with Gasteiger partial charge in [0, 0.05) is 18.7 Å². The molecule has 1 aliphatic heterocycles. The summed E-state index contributed by atoms with van der Waals surface area (Å²) in [6.07, 6.45) is 2.93. The molecule has 0 radical (unpaired) electrons. The second-order valence-electron chi connectivity index (χ2n) is 9.33. The van der Waals surface area contributed by atoms with Crippen molar-refractivity contribution in [3.63, 3.8) is 0 Å². The fraction of sp³-hybridized carbons (Fsp3) is 0.321. The third-order valence-electron chi connectivity index (χ3n) is 6.63. The summed E-state index contributed by atoms with van der Waals surface area (Å²) in [6.45, 7) is 6.91. The van der Waals surface area contributed by atoms with Crippen molar-refractivity contribution in [2.45, 2.75) is 44.9 Å². The molecule has 5 nitrogen and oxygen atoms in total. The monoisotopic (exact) mass is 476 g/mol. The molecule has 1 N–H and O–H groups in total. The summed E-state index contributed by atoms with van der Waals surface area (Å²) in [6, 6.07) is 21.1. The Morgan fingerprint density at radius 3 is 2.29 bits per heavy atom. The molecule has 0 atom stereocenters. The number of likely N-dealkylation sites (tertiary alicyclic amines) is 1. The summed E-state index contributed by atoms with van der Waals surface area (Å²) >= 11 is 0. The molecule has 1 amide bonds. The maximum absolute atomic E-state index is 13.2. The van der Waals surface area contributed by atoms with E-state index in [9.17, 15) is 13.2 Å². The van der Waals surface area contributed by atoms with Gasteiger partial charge in [0.05, 0.1) is 10.6 Å². The number of piperidine rings is 1. The number of carbonyl (C=O) groups excluding carboxylic acids is 1. The van der Waals surface area contributed by atoms with Gasteiger partial charge in [-0.1, -0.05) is 48.5 Å². The number of nitrogens with one attached hydrogen (secondary N) is 1. The Kier molecular flexibility index (Phi) is 7.08. The van der Waals surface area contributed by atoms with Gasteiger partial charge in [0.2, 0.25) is 0 Å². The van der Waals surface area contributed by atoms with Crippen LogP contribution in [0.3, 0.4) is 0 Å². The third kappa shape index (κ3) is 5.50. The SMILES string of the molecule is Cc1ccc(C)c(NS(=O)(=O)c2cc(C(=O)N3CCC(Cc4ccccc4)CC3)ccc2C)c1. The molecular formula is C28H32N2O3S. The van der Waals surface area contributed by atoms with Gasteiger partial charge in [0.25, 0.3) is 15.9 Å². The molecule has 1 aliphatic rings. The number of aryl methyl sites for hydroxylation is 3. The fourth-order valence-corrected chi connectivity index (χ4v) is 5.93. The lowest BCUT2D eigenvalue weighted by Gasteiger charge is -2.32. The molecule has 34 heavy (non-hydrogen) atoms. The van der Waals surface area contributed by atoms with Crippen LogP contribution in [0.4, 0.5) is 5.69 Å². The predicted molar refractivity (Wildman–Crippen MR) is 137 cm³/mol. The van der Waals surface area contributed by atoms with Crippen LogP contribution >= 0.6 is 0 Å². The van der Waals surface area contributed by atoms with Gasteiger partial charge in [-0.3, -0.25) is 9.52 Å². The molecular weight excluding hydrogens is 444 g/mol. The van der Waals surface area contributed by atoms with Crippen LogP contribution in [0, 0.1) is 26.7 Å². The van der Waals surface area contributed by atoms with Crippen LogP contribution in [0.1, 0.15) is 45.5 Å². The van der Waals surface area contributed by atoms with E-state index < -0.39 is 10.0 Å². The molecule has 0 aromatic heterocycles. The number of rotatable bonds is 6. The predicted octanol–water partition coefficient (Wildman–Crippen LogP) is 5.51. The molecule has 1 saturated heterocycles. The molecule has 0 unspecified atom stereocenters.